The van der Waals surface area contributed by atoms with Crippen molar-refractivity contribution in [1.29, 1.82) is 0 Å². The second-order valence-corrected chi connectivity index (χ2v) is 4.62. The van der Waals surface area contributed by atoms with Crippen LogP contribution in [-0.2, 0) is 7.05 Å². The largest absolute Gasteiger partial charge is 0.474 e. The lowest BCUT2D eigenvalue weighted by molar-refractivity contribution is -0.689. The van der Waals surface area contributed by atoms with Gasteiger partial charge in [0.2, 0.25) is 0 Å². The molecule has 0 aliphatic rings. The van der Waals surface area contributed by atoms with Gasteiger partial charge in [-0.3, -0.25) is 0 Å². The highest BCUT2D eigenvalue weighted by Crippen LogP contribution is 2.19. The summed E-state index contributed by atoms with van der Waals surface area (Å²) in [5.41, 5.74) is 0.660. The number of carboxylic acids is 1. The van der Waals surface area contributed by atoms with Crippen LogP contribution in [0.3, 0.4) is 0 Å². The van der Waals surface area contributed by atoms with Crippen molar-refractivity contribution >= 4 is 29.2 Å². The van der Waals surface area contributed by atoms with Gasteiger partial charge in [0.15, 0.2) is 5.69 Å². The molecule has 0 unspecified atom stereocenters. The van der Waals surface area contributed by atoms with Gasteiger partial charge in [-0.2, -0.15) is 4.68 Å². The molecule has 18 heavy (non-hydrogen) atoms. The van der Waals surface area contributed by atoms with Crippen molar-refractivity contribution in [1.82, 2.24) is 9.67 Å². The standard InChI is InChI=1S/C11H9Cl2N3O2/c1-6-14-10(11(17)18)15(2)16(6)9-4-7(12)3-8(13)5-9/h3-5H,1-2H3/p+1. The molecule has 0 bridgehead atoms. The molecule has 0 atom stereocenters. The topological polar surface area (TPSA) is 59.0 Å². The molecule has 0 saturated heterocycles. The Kier molecular flexibility index (Phi) is 3.28. The summed E-state index contributed by atoms with van der Waals surface area (Å²) in [6.45, 7) is 1.71. The number of carbonyl (C=O) groups is 1. The third-order valence-electron chi connectivity index (χ3n) is 2.46. The first-order valence-electron chi connectivity index (χ1n) is 5.05. The first-order valence-corrected chi connectivity index (χ1v) is 5.81. The number of aromatic nitrogens is 3. The van der Waals surface area contributed by atoms with Gasteiger partial charge in [0.25, 0.3) is 0 Å². The first kappa shape index (κ1) is 12.9. The van der Waals surface area contributed by atoms with Crippen molar-refractivity contribution in [3.05, 3.63) is 39.9 Å². The molecule has 0 fully saturated rings. The summed E-state index contributed by atoms with van der Waals surface area (Å²) in [6.07, 6.45) is 0. The molecule has 7 heteroatoms. The van der Waals surface area contributed by atoms with Crippen molar-refractivity contribution in [2.45, 2.75) is 6.92 Å². The fourth-order valence-corrected chi connectivity index (χ4v) is 2.31. The number of nitrogens with zero attached hydrogens (tertiary/aromatic N) is 3. The molecule has 94 valence electrons. The summed E-state index contributed by atoms with van der Waals surface area (Å²) < 4.78 is 3.06. The van der Waals surface area contributed by atoms with E-state index in [1.54, 1.807) is 36.9 Å². The molecule has 0 amide bonds. The van der Waals surface area contributed by atoms with E-state index in [0.717, 1.165) is 0 Å². The molecule has 1 aromatic heterocycles. The lowest BCUT2D eigenvalue weighted by Gasteiger charge is -2.02. The van der Waals surface area contributed by atoms with Crippen LogP contribution >= 0.6 is 23.2 Å². The van der Waals surface area contributed by atoms with Crippen molar-refractivity contribution in [3.8, 4) is 5.69 Å². The molecular formula is C11H10Cl2N3O2+. The second kappa shape index (κ2) is 4.59. The van der Waals surface area contributed by atoms with Gasteiger partial charge in [-0.25, -0.2) is 4.79 Å². The SMILES string of the molecule is Cc1nc(C(=O)O)n(C)[n+]1-c1cc(Cl)cc(Cl)c1. The lowest BCUT2D eigenvalue weighted by atomic mass is 10.3. The van der Waals surface area contributed by atoms with E-state index in [1.807, 2.05) is 0 Å². The van der Waals surface area contributed by atoms with E-state index in [1.165, 1.54) is 4.68 Å². The van der Waals surface area contributed by atoms with Crippen LogP contribution in [-0.4, -0.2) is 20.7 Å². The van der Waals surface area contributed by atoms with Crippen LogP contribution in [0.25, 0.3) is 5.69 Å². The maximum absolute atomic E-state index is 11.0. The summed E-state index contributed by atoms with van der Waals surface area (Å²) >= 11 is 11.9. The van der Waals surface area contributed by atoms with Gasteiger partial charge in [0.1, 0.15) is 0 Å². The third-order valence-corrected chi connectivity index (χ3v) is 2.90. The summed E-state index contributed by atoms with van der Waals surface area (Å²) in [6, 6.07) is 4.98. The number of carboxylic acid groups (broad SMARTS) is 1. The number of aromatic carboxylic acids is 1. The van der Waals surface area contributed by atoms with Gasteiger partial charge >= 0.3 is 17.6 Å². The summed E-state index contributed by atoms with van der Waals surface area (Å²) in [4.78, 5) is 15.0. The van der Waals surface area contributed by atoms with E-state index in [0.29, 0.717) is 21.6 Å². The molecule has 0 aliphatic carbocycles. The fraction of sp³-hybridized carbons (Fsp3) is 0.182. The minimum Gasteiger partial charge on any atom is -0.474 e. The Bertz CT molecular complexity index is 617. The number of benzene rings is 1. The van der Waals surface area contributed by atoms with E-state index in [4.69, 9.17) is 28.3 Å². The molecule has 1 heterocycles. The summed E-state index contributed by atoms with van der Waals surface area (Å²) in [7, 11) is 1.61. The van der Waals surface area contributed by atoms with E-state index in [9.17, 15) is 4.79 Å². The maximum atomic E-state index is 11.0. The van der Waals surface area contributed by atoms with Crippen molar-refractivity contribution in [2.24, 2.45) is 7.05 Å². The Labute approximate surface area is 113 Å². The van der Waals surface area contributed by atoms with Crippen LogP contribution in [0.2, 0.25) is 10.0 Å². The Morgan fingerprint density at radius 3 is 2.33 bits per heavy atom. The van der Waals surface area contributed by atoms with E-state index in [-0.39, 0.29) is 5.82 Å². The van der Waals surface area contributed by atoms with Gasteiger partial charge in [0.05, 0.1) is 7.05 Å². The zero-order valence-corrected chi connectivity index (χ0v) is 11.2. The second-order valence-electron chi connectivity index (χ2n) is 3.75. The van der Waals surface area contributed by atoms with Crippen LogP contribution in [0.1, 0.15) is 16.4 Å². The van der Waals surface area contributed by atoms with Gasteiger partial charge in [-0.05, 0) is 11.1 Å². The van der Waals surface area contributed by atoms with Crippen molar-refractivity contribution in [2.75, 3.05) is 0 Å². The number of halogens is 2. The van der Waals surface area contributed by atoms with E-state index >= 15 is 0 Å². The molecule has 2 rings (SSSR count). The van der Waals surface area contributed by atoms with Crippen LogP contribution in [0.4, 0.5) is 0 Å². The molecule has 2 aromatic rings. The number of aryl methyl sites for hydroxylation is 1. The molecule has 5 nitrogen and oxygen atoms in total. The third kappa shape index (κ3) is 2.19. The highest BCUT2D eigenvalue weighted by molar-refractivity contribution is 6.34. The monoisotopic (exact) mass is 286 g/mol. The highest BCUT2D eigenvalue weighted by atomic mass is 35.5. The molecule has 0 radical (unpaired) electrons. The fourth-order valence-electron chi connectivity index (χ4n) is 1.79. The van der Waals surface area contributed by atoms with Crippen molar-refractivity contribution in [3.63, 3.8) is 0 Å². The average molecular weight is 287 g/mol. The van der Waals surface area contributed by atoms with Crippen LogP contribution in [0.5, 0.6) is 0 Å². The minimum absolute atomic E-state index is 0.0522. The smallest absolute Gasteiger partial charge is 0.402 e. The predicted octanol–water partition coefficient (Wildman–Crippen LogP) is 2.01. The van der Waals surface area contributed by atoms with Gasteiger partial charge in [-0.1, -0.05) is 23.2 Å². The predicted molar refractivity (Wildman–Crippen MR) is 66.5 cm³/mol. The Balaban J connectivity index is 2.67. The van der Waals surface area contributed by atoms with Gasteiger partial charge in [-0.15, -0.1) is 4.68 Å². The Morgan fingerprint density at radius 2 is 1.89 bits per heavy atom. The first-order chi connectivity index (χ1) is 8.40. The van der Waals surface area contributed by atoms with Crippen LogP contribution in [0.15, 0.2) is 18.2 Å². The molecule has 1 N–H and O–H groups in total. The quantitative estimate of drug-likeness (QED) is 0.859. The zero-order chi connectivity index (χ0) is 13.4. The lowest BCUT2D eigenvalue weighted by Crippen LogP contribution is -2.42. The molecule has 0 spiro atoms. The Morgan fingerprint density at radius 1 is 1.33 bits per heavy atom. The highest BCUT2D eigenvalue weighted by Gasteiger charge is 2.27. The molecule has 0 aliphatic heterocycles. The zero-order valence-electron chi connectivity index (χ0n) is 9.69. The molecule has 0 saturated carbocycles. The normalized spacial score (nSPS) is 10.7. The average Bonchev–Trinajstić information content (AvgIpc) is 2.52. The molecular weight excluding hydrogens is 277 g/mol. The summed E-state index contributed by atoms with van der Waals surface area (Å²) in [5.74, 6) is -0.607. The maximum Gasteiger partial charge on any atom is 0.402 e. The Hall–Kier alpha value is -1.59. The van der Waals surface area contributed by atoms with Gasteiger partial charge < -0.3 is 5.11 Å². The van der Waals surface area contributed by atoms with E-state index in [2.05, 4.69) is 4.98 Å². The van der Waals surface area contributed by atoms with Crippen LogP contribution < -0.4 is 4.68 Å². The van der Waals surface area contributed by atoms with Crippen LogP contribution in [0, 0.1) is 6.92 Å². The van der Waals surface area contributed by atoms with Crippen molar-refractivity contribution < 1.29 is 14.6 Å². The summed E-state index contributed by atoms with van der Waals surface area (Å²) in [5, 5.41) is 9.96. The minimum atomic E-state index is -1.09. The molecule has 1 aromatic carbocycles. The van der Waals surface area contributed by atoms with E-state index < -0.39 is 5.97 Å². The number of hydrogen-bond acceptors (Lipinski definition) is 2. The number of hydrogen-bond donors (Lipinski definition) is 1. The van der Waals surface area contributed by atoms with Gasteiger partial charge in [0, 0.05) is 29.1 Å². The number of rotatable bonds is 2.